The summed E-state index contributed by atoms with van der Waals surface area (Å²) in [6.07, 6.45) is 0. The molecular weight excluding hydrogens is 572 g/mol. The van der Waals surface area contributed by atoms with Gasteiger partial charge in [0, 0.05) is 27.6 Å². The highest BCUT2D eigenvalue weighted by Gasteiger charge is 2.20. The summed E-state index contributed by atoms with van der Waals surface area (Å²) in [5, 5.41) is -0.742. The molecule has 2 heterocycles. The average molecular weight is 629 g/mol. The SMILES string of the molecule is [2H]c1c(-c2c([2H])c([2H])c(-c3c([2H])c([2H])c([2H])c([2H])c3[2H])c([2H])c2[2H])nc(-c2c([2H])c([2H])c([2H])c([2H])c2[2H])nc1-c1c([2H])c([2H])c(-c2c([2H])c([2H])c3c(c2[2H])-c2c([2H])c([2H])c([2H])c4c([2H])c([2H])c([2H])c(c24)O3)c([2H])c1[2H]. The predicted molar refractivity (Wildman–Crippen MR) is 192 cm³/mol. The Bertz CT molecular complexity index is 3900. The van der Waals surface area contributed by atoms with Gasteiger partial charge >= 0.3 is 0 Å². The topological polar surface area (TPSA) is 35.0 Å². The highest BCUT2D eigenvalue weighted by atomic mass is 16.5. The van der Waals surface area contributed by atoms with Crippen LogP contribution >= 0.6 is 0 Å². The molecule has 0 saturated carbocycles. The molecule has 0 bridgehead atoms. The first-order valence-corrected chi connectivity index (χ1v) is 13.6. The third kappa shape index (κ3) is 4.95. The van der Waals surface area contributed by atoms with E-state index >= 15 is 0 Å². The Labute approximate surface area is 312 Å². The van der Waals surface area contributed by atoms with E-state index in [-0.39, 0.29) is 5.39 Å². The van der Waals surface area contributed by atoms with Gasteiger partial charge in [-0.05, 0) is 57.4 Å². The average Bonchev–Trinajstić information content (AvgIpc) is 3.37. The van der Waals surface area contributed by atoms with Crippen LogP contribution < -0.4 is 4.74 Å². The zero-order valence-electron chi connectivity index (χ0n) is 51.3. The quantitative estimate of drug-likeness (QED) is 0.190. The van der Waals surface area contributed by atoms with Gasteiger partial charge < -0.3 is 4.74 Å². The monoisotopic (exact) mass is 628 g/mol. The molecule has 1 aromatic heterocycles. The fourth-order valence-electron chi connectivity index (χ4n) is 4.68. The predicted octanol–water partition coefficient (Wildman–Crippen LogP) is 11.7. The lowest BCUT2D eigenvalue weighted by Gasteiger charge is -2.22. The molecule has 3 heteroatoms. The zero-order chi connectivity index (χ0) is 55.5. The first-order valence-electron chi connectivity index (χ1n) is 27.6. The Morgan fingerprint density at radius 1 is 0.383 bits per heavy atom. The third-order valence-electron chi connectivity index (χ3n) is 6.82. The first kappa shape index (κ1) is 10.9. The van der Waals surface area contributed by atoms with Crippen LogP contribution in [0, 0.1) is 0 Å². The minimum atomic E-state index is -1.10. The Morgan fingerprint density at radius 3 is 1.57 bits per heavy atom. The smallest absolute Gasteiger partial charge is 0.160 e. The van der Waals surface area contributed by atoms with E-state index in [9.17, 15) is 8.22 Å². The maximum absolute atomic E-state index is 9.46. The molecule has 0 amide bonds. The highest BCUT2D eigenvalue weighted by molar-refractivity contribution is 6.04. The molecule has 47 heavy (non-hydrogen) atoms. The van der Waals surface area contributed by atoms with Crippen molar-refractivity contribution in [2.45, 2.75) is 0 Å². The van der Waals surface area contributed by atoms with E-state index in [0.29, 0.717) is 0 Å². The Kier molecular flexibility index (Phi) is 2.60. The molecule has 9 rings (SSSR count). The van der Waals surface area contributed by atoms with E-state index in [1.54, 1.807) is 0 Å². The molecule has 8 aromatic rings. The minimum Gasteiger partial charge on any atom is -0.456 e. The van der Waals surface area contributed by atoms with E-state index in [1.165, 1.54) is 0 Å². The van der Waals surface area contributed by atoms with Crippen molar-refractivity contribution in [2.24, 2.45) is 0 Å². The molecule has 0 atom stereocenters. The van der Waals surface area contributed by atoms with Gasteiger partial charge in [0.15, 0.2) is 5.82 Å². The van der Waals surface area contributed by atoms with E-state index in [1.807, 2.05) is 0 Å². The molecule has 0 unspecified atom stereocenters. The fourth-order valence-corrected chi connectivity index (χ4v) is 4.68. The standard InChI is InChI=1S/C44H28N2O/c1-3-9-29(10-4-1)30-17-21-32(22-18-30)39-28-40(46-44(45-39)35-11-5-2-6-12-35)33-23-19-31(20-24-33)36-25-26-41-38(27-36)37-15-7-13-34-14-8-16-42(47-41)43(34)37/h1-28H/i1D,2D,3D,4D,5D,6D,7D,8D,9D,10D,11D,12D,13D,14D,15D,16D,17D,18D,19D,20D,21D,22D,23D,24D,25D,26D,27D,28D. The summed E-state index contributed by atoms with van der Waals surface area (Å²) in [5.74, 6) is -2.06. The number of benzene rings is 7. The zero-order valence-corrected chi connectivity index (χ0v) is 23.3. The van der Waals surface area contributed by atoms with Gasteiger partial charge in [-0.2, -0.15) is 0 Å². The summed E-state index contributed by atoms with van der Waals surface area (Å²) in [5.41, 5.74) is -8.50. The van der Waals surface area contributed by atoms with Crippen LogP contribution in [0.3, 0.4) is 0 Å². The highest BCUT2D eigenvalue weighted by Crippen LogP contribution is 2.47. The van der Waals surface area contributed by atoms with E-state index in [0.717, 1.165) is 0 Å². The van der Waals surface area contributed by atoms with Crippen LogP contribution in [-0.4, -0.2) is 9.97 Å². The molecule has 0 fully saturated rings. The minimum absolute atomic E-state index is 0.325. The summed E-state index contributed by atoms with van der Waals surface area (Å²) >= 11 is 0. The van der Waals surface area contributed by atoms with Crippen LogP contribution in [0.4, 0.5) is 0 Å². The van der Waals surface area contributed by atoms with Gasteiger partial charge in [-0.25, -0.2) is 9.97 Å². The van der Waals surface area contributed by atoms with Crippen molar-refractivity contribution < 1.29 is 43.1 Å². The number of ether oxygens (including phenoxy) is 1. The number of hydrogen-bond acceptors (Lipinski definition) is 3. The maximum atomic E-state index is 9.46. The molecule has 0 spiro atoms. The summed E-state index contributed by atoms with van der Waals surface area (Å²) in [4.78, 5) is 8.46. The van der Waals surface area contributed by atoms with Crippen LogP contribution in [0.15, 0.2) is 169 Å². The Balaban J connectivity index is 1.36. The summed E-state index contributed by atoms with van der Waals surface area (Å²) in [7, 11) is 0. The second kappa shape index (κ2) is 11.2. The number of fused-ring (bicyclic) bond motifs is 2. The molecule has 1 aliphatic rings. The molecule has 0 radical (unpaired) electrons. The second-order valence-corrected chi connectivity index (χ2v) is 9.63. The number of aromatic nitrogens is 2. The van der Waals surface area contributed by atoms with Crippen LogP contribution in [-0.2, 0) is 0 Å². The normalized spacial score (nSPS) is 19.9. The summed E-state index contributed by atoms with van der Waals surface area (Å²) < 4.78 is 251. The fraction of sp³-hybridized carbons (Fsp3) is 0. The van der Waals surface area contributed by atoms with Gasteiger partial charge in [0.1, 0.15) is 11.5 Å². The molecule has 220 valence electrons. The van der Waals surface area contributed by atoms with Gasteiger partial charge in [0.05, 0.1) is 49.8 Å². The lowest BCUT2D eigenvalue weighted by molar-refractivity contribution is 0.487. The largest absolute Gasteiger partial charge is 0.456 e. The third-order valence-corrected chi connectivity index (χ3v) is 6.82. The van der Waals surface area contributed by atoms with E-state index in [4.69, 9.17) is 34.9 Å². The van der Waals surface area contributed by atoms with Crippen molar-refractivity contribution in [2.75, 3.05) is 0 Å². The molecule has 0 aliphatic carbocycles. The first-order chi connectivity index (χ1) is 34.9. The lowest BCUT2D eigenvalue weighted by Crippen LogP contribution is -1.97. The van der Waals surface area contributed by atoms with Crippen molar-refractivity contribution in [3.63, 3.8) is 0 Å². The molecule has 3 nitrogen and oxygen atoms in total. The van der Waals surface area contributed by atoms with E-state index in [2.05, 4.69) is 9.97 Å². The maximum Gasteiger partial charge on any atom is 0.160 e. The molecule has 0 saturated heterocycles. The van der Waals surface area contributed by atoms with Gasteiger partial charge in [-0.1, -0.05) is 145 Å². The Hall–Kier alpha value is -6.32. The second-order valence-electron chi connectivity index (χ2n) is 9.63. The van der Waals surface area contributed by atoms with Gasteiger partial charge in [0.2, 0.25) is 0 Å². The van der Waals surface area contributed by atoms with Crippen LogP contribution in [0.1, 0.15) is 38.4 Å². The molecular formula is C44H28N2O. The van der Waals surface area contributed by atoms with Crippen molar-refractivity contribution >= 4 is 10.8 Å². The van der Waals surface area contributed by atoms with Gasteiger partial charge in [-0.15, -0.1) is 0 Å². The van der Waals surface area contributed by atoms with Crippen LogP contribution in [0.2, 0.25) is 0 Å². The Morgan fingerprint density at radius 2 is 0.915 bits per heavy atom. The number of rotatable bonds is 5. The molecule has 1 aliphatic heterocycles. The van der Waals surface area contributed by atoms with Crippen LogP contribution in [0.25, 0.3) is 78.1 Å². The van der Waals surface area contributed by atoms with Crippen molar-refractivity contribution in [1.82, 2.24) is 9.97 Å². The number of nitrogens with zero attached hydrogens (tertiary/aromatic N) is 2. The summed E-state index contributed by atoms with van der Waals surface area (Å²) in [6.45, 7) is 0. The van der Waals surface area contributed by atoms with E-state index < -0.39 is 253 Å². The number of hydrogen-bond donors (Lipinski definition) is 0. The van der Waals surface area contributed by atoms with Crippen LogP contribution in [0.5, 0.6) is 11.5 Å². The van der Waals surface area contributed by atoms with Crippen molar-refractivity contribution in [3.8, 4) is 78.8 Å². The molecule has 7 aromatic carbocycles. The van der Waals surface area contributed by atoms with Gasteiger partial charge in [0.25, 0.3) is 0 Å². The van der Waals surface area contributed by atoms with Gasteiger partial charge in [-0.3, -0.25) is 0 Å². The summed E-state index contributed by atoms with van der Waals surface area (Å²) in [6, 6.07) is -25.7. The van der Waals surface area contributed by atoms with Crippen molar-refractivity contribution in [3.05, 3.63) is 169 Å². The lowest BCUT2D eigenvalue weighted by atomic mass is 9.92. The van der Waals surface area contributed by atoms with Crippen molar-refractivity contribution in [1.29, 1.82) is 0 Å². The molecule has 0 N–H and O–H groups in total.